The fourth-order valence-corrected chi connectivity index (χ4v) is 3.29. The van der Waals surface area contributed by atoms with Crippen LogP contribution in [-0.2, 0) is 7.05 Å². The van der Waals surface area contributed by atoms with Crippen molar-refractivity contribution in [3.63, 3.8) is 0 Å². The number of carbonyl (C=O) groups excluding carboxylic acids is 3. The normalized spacial score (nSPS) is 10.8. The summed E-state index contributed by atoms with van der Waals surface area (Å²) >= 11 is 0. The van der Waals surface area contributed by atoms with Crippen LogP contribution in [0.1, 0.15) is 31.1 Å². The number of pyridine rings is 1. The zero-order valence-electron chi connectivity index (χ0n) is 16.9. The number of aryl methyl sites for hydroxylation is 1. The molecular weight excluding hydrogens is 412 g/mol. The van der Waals surface area contributed by atoms with Crippen LogP contribution in [0.4, 0.5) is 5.69 Å². The van der Waals surface area contributed by atoms with E-state index in [4.69, 9.17) is 11.5 Å². The molecule has 160 valence electrons. The Morgan fingerprint density at radius 1 is 0.938 bits per heavy atom. The maximum absolute atomic E-state index is 12.8. The van der Waals surface area contributed by atoms with Gasteiger partial charge in [-0.1, -0.05) is 12.1 Å². The topological polar surface area (TPSA) is 166 Å². The van der Waals surface area contributed by atoms with E-state index in [-0.39, 0.29) is 22.5 Å². The number of nitrogens with two attached hydrogens (primary N) is 2. The van der Waals surface area contributed by atoms with E-state index < -0.39 is 17.7 Å². The number of anilines is 1. The summed E-state index contributed by atoms with van der Waals surface area (Å²) in [5.74, 6) is -1.98. The predicted octanol–water partition coefficient (Wildman–Crippen LogP) is 1.38. The molecule has 6 N–H and O–H groups in total. The van der Waals surface area contributed by atoms with Crippen molar-refractivity contribution >= 4 is 34.6 Å². The molecule has 0 spiro atoms. The fourth-order valence-electron chi connectivity index (χ4n) is 3.29. The number of carbonyl (C=O) groups is 3. The molecule has 2 aromatic carbocycles. The van der Waals surface area contributed by atoms with Crippen molar-refractivity contribution in [1.29, 1.82) is 0 Å². The lowest BCUT2D eigenvalue weighted by Crippen LogP contribution is -2.18. The van der Waals surface area contributed by atoms with E-state index in [1.54, 1.807) is 37.5 Å². The first-order chi connectivity index (χ1) is 15.2. The molecule has 0 saturated heterocycles. The molecule has 2 aromatic heterocycles. The number of rotatable bonds is 5. The van der Waals surface area contributed by atoms with Crippen LogP contribution in [-0.4, -0.2) is 32.3 Å². The molecular formula is C22H18N6O4. The molecule has 10 heteroatoms. The van der Waals surface area contributed by atoms with E-state index in [1.165, 1.54) is 22.8 Å². The third-order valence-corrected chi connectivity index (χ3v) is 4.98. The van der Waals surface area contributed by atoms with E-state index in [1.807, 2.05) is 6.07 Å². The van der Waals surface area contributed by atoms with Gasteiger partial charge in [0, 0.05) is 41.2 Å². The van der Waals surface area contributed by atoms with Crippen LogP contribution in [0.5, 0.6) is 0 Å². The molecule has 0 aliphatic heterocycles. The molecule has 2 heterocycles. The highest BCUT2D eigenvalue weighted by atomic mass is 16.2. The van der Waals surface area contributed by atoms with Crippen molar-refractivity contribution < 1.29 is 14.4 Å². The standard InChI is InChI=1S/C22H18N6O4/c1-28-17-9-15(10-25-20(17)27-22(28)32)11-3-2-4-12(5-11)21(31)26-16-7-13(18(23)29)6-14(8-16)19(24)30/h2-10H,1H3,(H2,23,29)(H2,24,30)(H,26,31)(H,25,27,32). The maximum Gasteiger partial charge on any atom is 0.327 e. The third kappa shape index (κ3) is 3.84. The molecule has 0 unspecified atom stereocenters. The van der Waals surface area contributed by atoms with E-state index in [9.17, 15) is 19.2 Å². The molecule has 3 amide bonds. The van der Waals surface area contributed by atoms with Crippen molar-refractivity contribution in [2.75, 3.05) is 5.32 Å². The van der Waals surface area contributed by atoms with Crippen LogP contribution in [0.15, 0.2) is 59.5 Å². The van der Waals surface area contributed by atoms with E-state index in [0.29, 0.717) is 27.9 Å². The van der Waals surface area contributed by atoms with E-state index in [2.05, 4.69) is 15.3 Å². The second kappa shape index (κ2) is 7.84. The smallest absolute Gasteiger partial charge is 0.327 e. The van der Waals surface area contributed by atoms with E-state index >= 15 is 0 Å². The minimum absolute atomic E-state index is 0.0434. The minimum atomic E-state index is -0.757. The molecule has 0 aliphatic rings. The molecule has 0 fully saturated rings. The van der Waals surface area contributed by atoms with Gasteiger partial charge in [0.25, 0.3) is 5.91 Å². The second-order valence-corrected chi connectivity index (χ2v) is 7.14. The van der Waals surface area contributed by atoms with Crippen molar-refractivity contribution in [1.82, 2.24) is 14.5 Å². The van der Waals surface area contributed by atoms with Crippen molar-refractivity contribution in [3.05, 3.63) is 81.9 Å². The van der Waals surface area contributed by atoms with Gasteiger partial charge in [0.05, 0.1) is 5.52 Å². The summed E-state index contributed by atoms with van der Waals surface area (Å²) in [6.45, 7) is 0. The number of benzene rings is 2. The van der Waals surface area contributed by atoms with Crippen LogP contribution < -0.4 is 22.5 Å². The highest BCUT2D eigenvalue weighted by Gasteiger charge is 2.13. The zero-order chi connectivity index (χ0) is 23.0. The van der Waals surface area contributed by atoms with Crippen LogP contribution in [0.3, 0.4) is 0 Å². The zero-order valence-corrected chi connectivity index (χ0v) is 16.9. The van der Waals surface area contributed by atoms with Gasteiger partial charge in [-0.05, 0) is 42.0 Å². The van der Waals surface area contributed by atoms with E-state index in [0.717, 1.165) is 0 Å². The van der Waals surface area contributed by atoms with Gasteiger partial charge in [0.2, 0.25) is 11.8 Å². The first-order valence-electron chi connectivity index (χ1n) is 9.44. The highest BCUT2D eigenvalue weighted by Crippen LogP contribution is 2.23. The Balaban J connectivity index is 1.66. The monoisotopic (exact) mass is 430 g/mol. The van der Waals surface area contributed by atoms with Gasteiger partial charge in [0.1, 0.15) is 0 Å². The van der Waals surface area contributed by atoms with Crippen molar-refractivity contribution in [3.8, 4) is 11.1 Å². The number of imidazole rings is 1. The molecule has 4 rings (SSSR count). The van der Waals surface area contributed by atoms with Crippen LogP contribution in [0.25, 0.3) is 22.3 Å². The SMILES string of the molecule is Cn1c(=O)[nH]c2ncc(-c3cccc(C(=O)Nc4cc(C(N)=O)cc(C(N)=O)c4)c3)cc21. The Morgan fingerprint density at radius 3 is 2.28 bits per heavy atom. The molecule has 0 bridgehead atoms. The number of primary amides is 2. The van der Waals surface area contributed by atoms with Crippen LogP contribution in [0.2, 0.25) is 0 Å². The first-order valence-corrected chi connectivity index (χ1v) is 9.44. The fraction of sp³-hybridized carbons (Fsp3) is 0.0455. The number of fused-ring (bicyclic) bond motifs is 1. The maximum atomic E-state index is 12.8. The molecule has 0 radical (unpaired) electrons. The van der Waals surface area contributed by atoms with Gasteiger partial charge in [-0.25, -0.2) is 9.78 Å². The summed E-state index contributed by atoms with van der Waals surface area (Å²) in [5.41, 5.74) is 13.5. The lowest BCUT2D eigenvalue weighted by atomic mass is 10.0. The number of aromatic amines is 1. The number of hydrogen-bond donors (Lipinski definition) is 4. The Hall–Kier alpha value is -4.73. The molecule has 4 aromatic rings. The average Bonchev–Trinajstić information content (AvgIpc) is 3.06. The predicted molar refractivity (Wildman–Crippen MR) is 118 cm³/mol. The number of nitrogens with zero attached hydrogens (tertiary/aromatic N) is 2. The Kier molecular flexibility index (Phi) is 5.03. The molecule has 0 aliphatic carbocycles. The first kappa shape index (κ1) is 20.5. The van der Waals surface area contributed by atoms with Crippen molar-refractivity contribution in [2.24, 2.45) is 18.5 Å². The number of nitrogens with one attached hydrogen (secondary N) is 2. The van der Waals surface area contributed by atoms with Gasteiger partial charge in [0.15, 0.2) is 5.65 Å². The van der Waals surface area contributed by atoms with Gasteiger partial charge < -0.3 is 16.8 Å². The Morgan fingerprint density at radius 2 is 1.62 bits per heavy atom. The Bertz CT molecular complexity index is 1430. The van der Waals surface area contributed by atoms with Gasteiger partial charge in [-0.15, -0.1) is 0 Å². The molecule has 32 heavy (non-hydrogen) atoms. The second-order valence-electron chi connectivity index (χ2n) is 7.14. The third-order valence-electron chi connectivity index (χ3n) is 4.98. The summed E-state index contributed by atoms with van der Waals surface area (Å²) < 4.78 is 1.45. The summed E-state index contributed by atoms with van der Waals surface area (Å²) in [6, 6.07) is 12.6. The number of amides is 3. The lowest BCUT2D eigenvalue weighted by Gasteiger charge is -2.10. The minimum Gasteiger partial charge on any atom is -0.366 e. The summed E-state index contributed by atoms with van der Waals surface area (Å²) in [5, 5.41) is 2.65. The largest absolute Gasteiger partial charge is 0.366 e. The summed E-state index contributed by atoms with van der Waals surface area (Å²) in [4.78, 5) is 54.6. The number of aromatic nitrogens is 3. The van der Waals surface area contributed by atoms with Gasteiger partial charge >= 0.3 is 5.69 Å². The summed E-state index contributed by atoms with van der Waals surface area (Å²) in [7, 11) is 1.64. The highest BCUT2D eigenvalue weighted by molar-refractivity contribution is 6.07. The summed E-state index contributed by atoms with van der Waals surface area (Å²) in [6.07, 6.45) is 1.60. The molecule has 0 atom stereocenters. The van der Waals surface area contributed by atoms with Gasteiger partial charge in [-0.3, -0.25) is 23.9 Å². The van der Waals surface area contributed by atoms with Gasteiger partial charge in [-0.2, -0.15) is 0 Å². The van der Waals surface area contributed by atoms with Crippen LogP contribution in [0, 0.1) is 0 Å². The van der Waals surface area contributed by atoms with Crippen molar-refractivity contribution in [2.45, 2.75) is 0 Å². The van der Waals surface area contributed by atoms with Crippen LogP contribution >= 0.6 is 0 Å². The molecule has 0 saturated carbocycles. The molecule has 10 nitrogen and oxygen atoms in total. The number of hydrogen-bond acceptors (Lipinski definition) is 5. The Labute approximate surface area is 180 Å². The lowest BCUT2D eigenvalue weighted by molar-refractivity contribution is 0.0994. The number of H-pyrrole nitrogens is 1. The quantitative estimate of drug-likeness (QED) is 0.375. The average molecular weight is 430 g/mol.